The molecule has 0 unspecified atom stereocenters. The Labute approximate surface area is 120 Å². The van der Waals surface area contributed by atoms with Crippen LogP contribution >= 0.6 is 12.6 Å². The fourth-order valence-corrected chi connectivity index (χ4v) is 2.85. The lowest BCUT2D eigenvalue weighted by molar-refractivity contribution is -0.145. The van der Waals surface area contributed by atoms with Gasteiger partial charge >= 0.3 is 6.18 Å². The first kappa shape index (κ1) is 15.4. The molecule has 0 amide bonds. The van der Waals surface area contributed by atoms with Crippen molar-refractivity contribution in [3.8, 4) is 0 Å². The monoisotopic (exact) mass is 307 g/mol. The molecule has 1 aromatic rings. The highest BCUT2D eigenvalue weighted by molar-refractivity contribution is 7.80. The molecule has 3 nitrogen and oxygen atoms in total. The van der Waals surface area contributed by atoms with E-state index in [1.54, 1.807) is 0 Å². The number of hydrogen-bond acceptors (Lipinski definition) is 3. The van der Waals surface area contributed by atoms with Gasteiger partial charge in [-0.15, -0.1) is 0 Å². The van der Waals surface area contributed by atoms with E-state index in [4.69, 9.17) is 4.74 Å². The van der Waals surface area contributed by atoms with Gasteiger partial charge in [0, 0.05) is 31.2 Å². The van der Waals surface area contributed by atoms with E-state index in [1.807, 2.05) is 0 Å². The van der Waals surface area contributed by atoms with Crippen LogP contribution in [0.2, 0.25) is 0 Å². The third-order valence-corrected chi connectivity index (χ3v) is 4.39. The Morgan fingerprint density at radius 3 is 2.50 bits per heavy atom. The predicted molar refractivity (Wildman–Crippen MR) is 72.0 cm³/mol. The van der Waals surface area contributed by atoms with Gasteiger partial charge in [0.05, 0.1) is 0 Å². The molecule has 0 atom stereocenters. The highest BCUT2D eigenvalue weighted by Crippen LogP contribution is 2.35. The van der Waals surface area contributed by atoms with Gasteiger partial charge in [0.1, 0.15) is 5.69 Å². The molecular weight excluding hydrogens is 291 g/mol. The van der Waals surface area contributed by atoms with Crippen LogP contribution in [0.15, 0.2) is 23.0 Å². The molecule has 0 bridgehead atoms. The Kier molecular flexibility index (Phi) is 4.49. The van der Waals surface area contributed by atoms with Crippen LogP contribution in [-0.4, -0.2) is 23.5 Å². The molecule has 2 rings (SSSR count). The third kappa shape index (κ3) is 3.20. The number of hydrogen-bond donors (Lipinski definition) is 1. The molecule has 2 heterocycles. The van der Waals surface area contributed by atoms with E-state index in [0.717, 1.165) is 22.8 Å². The molecule has 0 radical (unpaired) electrons. The number of alkyl halides is 3. The molecule has 0 saturated carbocycles. The van der Waals surface area contributed by atoms with Gasteiger partial charge in [-0.1, -0.05) is 6.07 Å². The van der Waals surface area contributed by atoms with Crippen LogP contribution in [0.5, 0.6) is 0 Å². The standard InChI is InChI=1S/C13H16F3NO2S/c14-13(15,16)10-2-1-3-11(18)17(10)8-12(9-20)4-6-19-7-5-12/h1-3,20H,4-9H2. The van der Waals surface area contributed by atoms with Crippen molar-refractivity contribution in [3.63, 3.8) is 0 Å². The summed E-state index contributed by atoms with van der Waals surface area (Å²) in [4.78, 5) is 11.8. The summed E-state index contributed by atoms with van der Waals surface area (Å²) in [5.41, 5.74) is -1.96. The molecule has 7 heteroatoms. The van der Waals surface area contributed by atoms with E-state index in [9.17, 15) is 18.0 Å². The Morgan fingerprint density at radius 1 is 1.30 bits per heavy atom. The van der Waals surface area contributed by atoms with E-state index in [2.05, 4.69) is 12.6 Å². The molecule has 20 heavy (non-hydrogen) atoms. The minimum atomic E-state index is -4.54. The van der Waals surface area contributed by atoms with Gasteiger partial charge in [-0.3, -0.25) is 4.79 Å². The van der Waals surface area contributed by atoms with Crippen molar-refractivity contribution in [2.24, 2.45) is 5.41 Å². The Bertz CT molecular complexity index is 521. The van der Waals surface area contributed by atoms with Gasteiger partial charge in [-0.25, -0.2) is 0 Å². The zero-order chi connectivity index (χ0) is 14.8. The Hall–Kier alpha value is -0.950. The lowest BCUT2D eigenvalue weighted by Gasteiger charge is -2.37. The van der Waals surface area contributed by atoms with Crippen molar-refractivity contribution < 1.29 is 17.9 Å². The van der Waals surface area contributed by atoms with Crippen molar-refractivity contribution >= 4 is 12.6 Å². The highest BCUT2D eigenvalue weighted by atomic mass is 32.1. The van der Waals surface area contributed by atoms with Crippen LogP contribution < -0.4 is 5.56 Å². The Morgan fingerprint density at radius 2 is 1.95 bits per heavy atom. The van der Waals surface area contributed by atoms with Gasteiger partial charge in [-0.2, -0.15) is 25.8 Å². The molecule has 1 saturated heterocycles. The van der Waals surface area contributed by atoms with Crippen molar-refractivity contribution in [1.82, 2.24) is 4.57 Å². The number of rotatable bonds is 3. The molecule has 112 valence electrons. The van der Waals surface area contributed by atoms with Crippen LogP contribution in [0.25, 0.3) is 0 Å². The first-order chi connectivity index (χ1) is 9.38. The summed E-state index contributed by atoms with van der Waals surface area (Å²) in [7, 11) is 0. The third-order valence-electron chi connectivity index (χ3n) is 3.72. The van der Waals surface area contributed by atoms with Gasteiger partial charge in [-0.05, 0) is 24.7 Å². The molecule has 1 fully saturated rings. The predicted octanol–water partition coefficient (Wildman–Crippen LogP) is 2.59. The molecule has 0 aromatic carbocycles. The number of ether oxygens (including phenoxy) is 1. The number of nitrogens with zero attached hydrogens (tertiary/aromatic N) is 1. The van der Waals surface area contributed by atoms with Crippen LogP contribution in [0, 0.1) is 5.41 Å². The fraction of sp³-hybridized carbons (Fsp3) is 0.615. The lowest BCUT2D eigenvalue weighted by atomic mass is 9.82. The van der Waals surface area contributed by atoms with Crippen molar-refractivity contribution in [2.45, 2.75) is 25.6 Å². The number of pyridine rings is 1. The van der Waals surface area contributed by atoms with Gasteiger partial charge in [0.15, 0.2) is 0 Å². The second-order valence-corrected chi connectivity index (χ2v) is 5.42. The normalized spacial score (nSPS) is 19.0. The second-order valence-electron chi connectivity index (χ2n) is 5.10. The molecule has 0 aliphatic carbocycles. The summed E-state index contributed by atoms with van der Waals surface area (Å²) < 4.78 is 45.1. The van der Waals surface area contributed by atoms with Crippen LogP contribution in [0.3, 0.4) is 0 Å². The quantitative estimate of drug-likeness (QED) is 0.870. The first-order valence-electron chi connectivity index (χ1n) is 6.34. The molecule has 0 N–H and O–H groups in total. The van der Waals surface area contributed by atoms with E-state index >= 15 is 0 Å². The zero-order valence-corrected chi connectivity index (χ0v) is 11.7. The van der Waals surface area contributed by atoms with E-state index in [1.165, 1.54) is 0 Å². The second kappa shape index (κ2) is 5.81. The molecular formula is C13H16F3NO2S. The van der Waals surface area contributed by atoms with Crippen molar-refractivity contribution in [2.75, 3.05) is 19.0 Å². The summed E-state index contributed by atoms with van der Waals surface area (Å²) in [6, 6.07) is 3.23. The number of aromatic nitrogens is 1. The van der Waals surface area contributed by atoms with E-state index in [0.29, 0.717) is 31.8 Å². The maximum atomic E-state index is 13.0. The van der Waals surface area contributed by atoms with Gasteiger partial charge in [0.25, 0.3) is 5.56 Å². The maximum Gasteiger partial charge on any atom is 0.431 e. The molecule has 1 aliphatic heterocycles. The number of halogens is 3. The lowest BCUT2D eigenvalue weighted by Crippen LogP contribution is -2.40. The molecule has 1 aliphatic rings. The van der Waals surface area contributed by atoms with E-state index < -0.39 is 22.8 Å². The summed E-state index contributed by atoms with van der Waals surface area (Å²) in [5.74, 6) is 0.426. The zero-order valence-electron chi connectivity index (χ0n) is 10.8. The fourth-order valence-electron chi connectivity index (χ4n) is 2.44. The minimum Gasteiger partial charge on any atom is -0.381 e. The van der Waals surface area contributed by atoms with Crippen LogP contribution in [0.1, 0.15) is 18.5 Å². The largest absolute Gasteiger partial charge is 0.431 e. The average Bonchev–Trinajstić information content (AvgIpc) is 2.41. The SMILES string of the molecule is O=c1cccc(C(F)(F)F)n1CC1(CS)CCOCC1. The summed E-state index contributed by atoms with van der Waals surface area (Å²) in [6.07, 6.45) is -3.33. The summed E-state index contributed by atoms with van der Waals surface area (Å²) in [5, 5.41) is 0. The minimum absolute atomic E-state index is 0.0222. The van der Waals surface area contributed by atoms with Crippen LogP contribution in [-0.2, 0) is 17.5 Å². The Balaban J connectivity index is 2.39. The smallest absolute Gasteiger partial charge is 0.381 e. The molecule has 0 spiro atoms. The average molecular weight is 307 g/mol. The van der Waals surface area contributed by atoms with Gasteiger partial charge in [0.2, 0.25) is 0 Å². The topological polar surface area (TPSA) is 31.2 Å². The molecule has 1 aromatic heterocycles. The summed E-state index contributed by atoms with van der Waals surface area (Å²) >= 11 is 4.27. The van der Waals surface area contributed by atoms with Crippen molar-refractivity contribution in [3.05, 3.63) is 34.2 Å². The first-order valence-corrected chi connectivity index (χ1v) is 6.97. The van der Waals surface area contributed by atoms with E-state index in [-0.39, 0.29) is 6.54 Å². The maximum absolute atomic E-state index is 13.0. The number of thiol groups is 1. The van der Waals surface area contributed by atoms with Crippen LogP contribution in [0.4, 0.5) is 13.2 Å². The summed E-state index contributed by atoms with van der Waals surface area (Å²) in [6.45, 7) is 1.00. The van der Waals surface area contributed by atoms with Gasteiger partial charge < -0.3 is 9.30 Å². The highest BCUT2D eigenvalue weighted by Gasteiger charge is 2.38. The van der Waals surface area contributed by atoms with Crippen molar-refractivity contribution in [1.29, 1.82) is 0 Å².